The maximum absolute atomic E-state index is 12.0. The Bertz CT molecular complexity index is 851. The summed E-state index contributed by atoms with van der Waals surface area (Å²) in [4.78, 5) is 28.1. The highest BCUT2D eigenvalue weighted by atomic mass is 16.2. The molecule has 3 rings (SSSR count). The smallest absolute Gasteiger partial charge is 0.251 e. The Morgan fingerprint density at radius 2 is 1.75 bits per heavy atom. The number of nitrogens with one attached hydrogen (secondary N) is 4. The molecule has 0 saturated carbocycles. The van der Waals surface area contributed by atoms with Gasteiger partial charge in [-0.15, -0.1) is 0 Å². The van der Waals surface area contributed by atoms with Crippen LogP contribution in [0.3, 0.4) is 0 Å². The van der Waals surface area contributed by atoms with Crippen molar-refractivity contribution in [1.29, 1.82) is 0 Å². The standard InChI is InChI=1S/C21H25N5O2/c1-22-21(24-12-11-23-20(28)15-7-3-2-4-8-15)25-14-16-13-19(27)26-18-10-6-5-9-17(16)18/h2-10,16H,11-14H2,1H3,(H,23,28)(H,26,27)(H2,22,24,25). The number of benzene rings is 2. The second kappa shape index (κ2) is 9.55. The Hall–Kier alpha value is -3.35. The number of anilines is 1. The van der Waals surface area contributed by atoms with Crippen molar-refractivity contribution in [3.05, 3.63) is 65.7 Å². The lowest BCUT2D eigenvalue weighted by atomic mass is 9.90. The van der Waals surface area contributed by atoms with Crippen LogP contribution in [0.4, 0.5) is 5.69 Å². The Labute approximate surface area is 164 Å². The number of guanidine groups is 1. The number of rotatable bonds is 6. The molecule has 0 spiro atoms. The van der Waals surface area contributed by atoms with Gasteiger partial charge >= 0.3 is 0 Å². The molecule has 1 aliphatic rings. The highest BCUT2D eigenvalue weighted by Gasteiger charge is 2.24. The summed E-state index contributed by atoms with van der Waals surface area (Å²) in [6.07, 6.45) is 0.439. The van der Waals surface area contributed by atoms with Crippen molar-refractivity contribution in [2.75, 3.05) is 32.0 Å². The third kappa shape index (κ3) is 5.09. The van der Waals surface area contributed by atoms with Crippen LogP contribution in [0.1, 0.15) is 28.3 Å². The average Bonchev–Trinajstić information content (AvgIpc) is 2.73. The molecule has 0 radical (unpaired) electrons. The minimum Gasteiger partial charge on any atom is -0.356 e. The van der Waals surface area contributed by atoms with Gasteiger partial charge in [-0.2, -0.15) is 0 Å². The fourth-order valence-corrected chi connectivity index (χ4v) is 3.17. The molecule has 1 unspecified atom stereocenters. The molecule has 0 saturated heterocycles. The molecule has 1 heterocycles. The summed E-state index contributed by atoms with van der Waals surface area (Å²) in [5.74, 6) is 0.644. The molecule has 2 amide bonds. The number of carbonyl (C=O) groups excluding carboxylic acids is 2. The van der Waals surface area contributed by atoms with Crippen molar-refractivity contribution in [1.82, 2.24) is 16.0 Å². The zero-order valence-corrected chi connectivity index (χ0v) is 15.9. The zero-order valence-electron chi connectivity index (χ0n) is 15.9. The topological polar surface area (TPSA) is 94.6 Å². The summed E-state index contributed by atoms with van der Waals surface area (Å²) in [6.45, 7) is 1.61. The van der Waals surface area contributed by atoms with E-state index in [4.69, 9.17) is 0 Å². The van der Waals surface area contributed by atoms with E-state index in [1.807, 2.05) is 42.5 Å². The van der Waals surface area contributed by atoms with E-state index in [1.165, 1.54) is 0 Å². The van der Waals surface area contributed by atoms with Gasteiger partial charge in [-0.1, -0.05) is 36.4 Å². The first-order valence-electron chi connectivity index (χ1n) is 9.34. The van der Waals surface area contributed by atoms with Crippen molar-refractivity contribution in [3.8, 4) is 0 Å². The summed E-state index contributed by atoms with van der Waals surface area (Å²) < 4.78 is 0. The predicted octanol–water partition coefficient (Wildman–Crippen LogP) is 1.71. The van der Waals surface area contributed by atoms with Gasteiger partial charge in [0.25, 0.3) is 5.91 Å². The first kappa shape index (κ1) is 19.4. The van der Waals surface area contributed by atoms with Gasteiger partial charge in [-0.3, -0.25) is 14.6 Å². The van der Waals surface area contributed by atoms with E-state index >= 15 is 0 Å². The monoisotopic (exact) mass is 379 g/mol. The molecule has 2 aromatic rings. The molecule has 0 aromatic heterocycles. The molecule has 4 N–H and O–H groups in total. The third-order valence-electron chi connectivity index (χ3n) is 4.58. The molecule has 28 heavy (non-hydrogen) atoms. The van der Waals surface area contributed by atoms with Crippen LogP contribution < -0.4 is 21.3 Å². The fourth-order valence-electron chi connectivity index (χ4n) is 3.17. The van der Waals surface area contributed by atoms with Crippen molar-refractivity contribution in [2.24, 2.45) is 4.99 Å². The summed E-state index contributed by atoms with van der Waals surface area (Å²) in [7, 11) is 1.69. The molecule has 1 atom stereocenters. The molecule has 0 aliphatic carbocycles. The summed E-state index contributed by atoms with van der Waals surface area (Å²) in [5.41, 5.74) is 2.64. The van der Waals surface area contributed by atoms with E-state index in [0.29, 0.717) is 37.6 Å². The summed E-state index contributed by atoms with van der Waals surface area (Å²) >= 11 is 0. The summed E-state index contributed by atoms with van der Waals surface area (Å²) in [6, 6.07) is 17.0. The minimum absolute atomic E-state index is 0.0251. The molecule has 7 nitrogen and oxygen atoms in total. The van der Waals surface area contributed by atoms with Crippen molar-refractivity contribution >= 4 is 23.5 Å². The number of aliphatic imine (C=N–C) groups is 1. The van der Waals surface area contributed by atoms with Gasteiger partial charge in [0.05, 0.1) is 0 Å². The number of hydrogen-bond acceptors (Lipinski definition) is 3. The molecule has 0 bridgehead atoms. The molecule has 146 valence electrons. The molecule has 0 fully saturated rings. The number of para-hydroxylation sites is 1. The second-order valence-corrected chi connectivity index (χ2v) is 6.54. The van der Waals surface area contributed by atoms with Crippen LogP contribution in [-0.4, -0.2) is 44.5 Å². The third-order valence-corrected chi connectivity index (χ3v) is 4.58. The second-order valence-electron chi connectivity index (χ2n) is 6.54. The quantitative estimate of drug-likeness (QED) is 0.349. The van der Waals surface area contributed by atoms with Gasteiger partial charge < -0.3 is 21.3 Å². The fraction of sp³-hybridized carbons (Fsp3) is 0.286. The van der Waals surface area contributed by atoms with Crippen molar-refractivity contribution in [2.45, 2.75) is 12.3 Å². The van der Waals surface area contributed by atoms with Crippen LogP contribution in [0.25, 0.3) is 0 Å². The molecule has 1 aliphatic heterocycles. The predicted molar refractivity (Wildman–Crippen MR) is 111 cm³/mol. The average molecular weight is 379 g/mol. The van der Waals surface area contributed by atoms with E-state index in [2.05, 4.69) is 26.3 Å². The van der Waals surface area contributed by atoms with Crippen LogP contribution in [0.5, 0.6) is 0 Å². The number of amides is 2. The Morgan fingerprint density at radius 1 is 1.04 bits per heavy atom. The van der Waals surface area contributed by atoms with E-state index in [-0.39, 0.29) is 17.7 Å². The van der Waals surface area contributed by atoms with E-state index in [1.54, 1.807) is 19.2 Å². The van der Waals surface area contributed by atoms with Crippen molar-refractivity contribution < 1.29 is 9.59 Å². The van der Waals surface area contributed by atoms with Crippen LogP contribution in [-0.2, 0) is 4.79 Å². The van der Waals surface area contributed by atoms with Crippen LogP contribution >= 0.6 is 0 Å². The highest BCUT2D eigenvalue weighted by molar-refractivity contribution is 5.95. The van der Waals surface area contributed by atoms with Gasteiger partial charge in [0.1, 0.15) is 0 Å². The van der Waals surface area contributed by atoms with Gasteiger partial charge in [-0.25, -0.2) is 0 Å². The Balaban J connectivity index is 1.44. The first-order valence-corrected chi connectivity index (χ1v) is 9.34. The Morgan fingerprint density at radius 3 is 2.54 bits per heavy atom. The van der Waals surface area contributed by atoms with Crippen LogP contribution in [0, 0.1) is 0 Å². The van der Waals surface area contributed by atoms with Crippen LogP contribution in [0.2, 0.25) is 0 Å². The normalized spacial score (nSPS) is 16.0. The van der Waals surface area contributed by atoms with E-state index in [9.17, 15) is 9.59 Å². The highest BCUT2D eigenvalue weighted by Crippen LogP contribution is 2.31. The summed E-state index contributed by atoms with van der Waals surface area (Å²) in [5, 5.41) is 12.2. The van der Waals surface area contributed by atoms with Gasteiger partial charge in [0, 0.05) is 50.3 Å². The first-order chi connectivity index (χ1) is 13.7. The molecular formula is C21H25N5O2. The molecule has 2 aromatic carbocycles. The van der Waals surface area contributed by atoms with Crippen molar-refractivity contribution in [3.63, 3.8) is 0 Å². The maximum atomic E-state index is 12.0. The lowest BCUT2D eigenvalue weighted by Gasteiger charge is -2.26. The molecular weight excluding hydrogens is 354 g/mol. The number of nitrogens with zero attached hydrogens (tertiary/aromatic N) is 1. The van der Waals surface area contributed by atoms with Crippen LogP contribution in [0.15, 0.2) is 59.6 Å². The minimum atomic E-state index is -0.102. The number of hydrogen-bond donors (Lipinski definition) is 4. The lowest BCUT2D eigenvalue weighted by Crippen LogP contribution is -2.43. The van der Waals surface area contributed by atoms with E-state index < -0.39 is 0 Å². The SMILES string of the molecule is CN=C(NCCNC(=O)c1ccccc1)NCC1CC(=O)Nc2ccccc21. The zero-order chi connectivity index (χ0) is 19.8. The van der Waals surface area contributed by atoms with Gasteiger partial charge in [0.15, 0.2) is 5.96 Å². The van der Waals surface area contributed by atoms with E-state index in [0.717, 1.165) is 11.3 Å². The number of carbonyl (C=O) groups is 2. The largest absolute Gasteiger partial charge is 0.356 e. The maximum Gasteiger partial charge on any atom is 0.251 e. The Kier molecular flexibility index (Phi) is 6.62. The van der Waals surface area contributed by atoms with Gasteiger partial charge in [-0.05, 0) is 23.8 Å². The van der Waals surface area contributed by atoms with Gasteiger partial charge in [0.2, 0.25) is 5.91 Å². The lowest BCUT2D eigenvalue weighted by molar-refractivity contribution is -0.116. The number of fused-ring (bicyclic) bond motifs is 1. The molecule has 7 heteroatoms.